The molecule has 0 aromatic carbocycles. The van der Waals surface area contributed by atoms with Crippen molar-refractivity contribution in [2.75, 3.05) is 19.7 Å². The van der Waals surface area contributed by atoms with E-state index in [9.17, 15) is 4.79 Å². The molecule has 1 atom stereocenters. The van der Waals surface area contributed by atoms with Crippen molar-refractivity contribution in [3.8, 4) is 5.88 Å². The monoisotopic (exact) mass is 341 g/mol. The average molecular weight is 342 g/mol. The van der Waals surface area contributed by atoms with Crippen LogP contribution in [0.4, 0.5) is 4.79 Å². The van der Waals surface area contributed by atoms with Crippen LogP contribution in [-0.2, 0) is 4.74 Å². The number of rotatable bonds is 4. The largest absolute Gasteiger partial charge is 0.477 e. The van der Waals surface area contributed by atoms with Crippen LogP contribution in [0.25, 0.3) is 0 Å². The van der Waals surface area contributed by atoms with Crippen LogP contribution in [0, 0.1) is 5.92 Å². The van der Waals surface area contributed by atoms with Crippen LogP contribution in [0.1, 0.15) is 40.0 Å². The van der Waals surface area contributed by atoms with Crippen LogP contribution in [0.5, 0.6) is 5.88 Å². The SMILES string of the molecule is CC(C)(C)OC(=O)N1CCC[C@H](CCOc2ccc(Cl)nn2)C1. The van der Waals surface area contributed by atoms with Crippen molar-refractivity contribution in [1.29, 1.82) is 0 Å². The summed E-state index contributed by atoms with van der Waals surface area (Å²) in [5, 5.41) is 7.94. The molecule has 128 valence electrons. The highest BCUT2D eigenvalue weighted by atomic mass is 35.5. The summed E-state index contributed by atoms with van der Waals surface area (Å²) in [6.45, 7) is 7.66. The van der Waals surface area contributed by atoms with E-state index >= 15 is 0 Å². The Morgan fingerprint density at radius 1 is 1.39 bits per heavy atom. The minimum absolute atomic E-state index is 0.230. The molecule has 1 aromatic heterocycles. The first-order chi connectivity index (χ1) is 10.8. The maximum atomic E-state index is 12.1. The van der Waals surface area contributed by atoms with Gasteiger partial charge in [0.15, 0.2) is 5.15 Å². The lowest BCUT2D eigenvalue weighted by Crippen LogP contribution is -2.43. The van der Waals surface area contributed by atoms with Crippen molar-refractivity contribution in [2.45, 2.75) is 45.6 Å². The topological polar surface area (TPSA) is 64.5 Å². The molecule has 2 rings (SSSR count). The smallest absolute Gasteiger partial charge is 0.410 e. The summed E-state index contributed by atoms with van der Waals surface area (Å²) in [5.41, 5.74) is -0.458. The zero-order chi connectivity index (χ0) is 16.9. The fraction of sp³-hybridized carbons (Fsp3) is 0.688. The molecular weight excluding hydrogens is 318 g/mol. The number of hydrogen-bond donors (Lipinski definition) is 0. The number of halogens is 1. The molecule has 0 spiro atoms. The zero-order valence-corrected chi connectivity index (χ0v) is 14.7. The Balaban J connectivity index is 1.75. The van der Waals surface area contributed by atoms with E-state index in [0.717, 1.165) is 25.8 Å². The molecule has 23 heavy (non-hydrogen) atoms. The normalized spacial score (nSPS) is 18.6. The molecule has 0 bridgehead atoms. The van der Waals surface area contributed by atoms with Gasteiger partial charge in [0.2, 0.25) is 5.88 Å². The third-order valence-electron chi connectivity index (χ3n) is 3.55. The highest BCUT2D eigenvalue weighted by Gasteiger charge is 2.27. The second-order valence-electron chi connectivity index (χ2n) is 6.77. The molecule has 6 nitrogen and oxygen atoms in total. The van der Waals surface area contributed by atoms with Gasteiger partial charge in [0.1, 0.15) is 5.60 Å². The predicted molar refractivity (Wildman–Crippen MR) is 87.7 cm³/mol. The molecule has 0 N–H and O–H groups in total. The van der Waals surface area contributed by atoms with Gasteiger partial charge < -0.3 is 14.4 Å². The number of ether oxygens (including phenoxy) is 2. The Morgan fingerprint density at radius 3 is 2.83 bits per heavy atom. The molecule has 1 aliphatic rings. The quantitative estimate of drug-likeness (QED) is 0.838. The van der Waals surface area contributed by atoms with Gasteiger partial charge in [-0.25, -0.2) is 4.79 Å². The van der Waals surface area contributed by atoms with E-state index in [1.165, 1.54) is 0 Å². The number of likely N-dealkylation sites (tertiary alicyclic amines) is 1. The van der Waals surface area contributed by atoms with Crippen molar-refractivity contribution in [2.24, 2.45) is 5.92 Å². The number of piperidine rings is 1. The predicted octanol–water partition coefficient (Wildman–Crippen LogP) is 3.55. The van der Waals surface area contributed by atoms with E-state index in [-0.39, 0.29) is 6.09 Å². The first-order valence-corrected chi connectivity index (χ1v) is 8.31. The van der Waals surface area contributed by atoms with Gasteiger partial charge in [-0.2, -0.15) is 0 Å². The molecule has 1 amide bonds. The Hall–Kier alpha value is -1.56. The second kappa shape index (κ2) is 7.81. The molecule has 2 heterocycles. The molecule has 0 aliphatic carbocycles. The Labute approximate surface area is 142 Å². The van der Waals surface area contributed by atoms with E-state index in [0.29, 0.717) is 30.1 Å². The van der Waals surface area contributed by atoms with E-state index < -0.39 is 5.60 Å². The van der Waals surface area contributed by atoms with Gasteiger partial charge in [0, 0.05) is 19.2 Å². The van der Waals surface area contributed by atoms with Crippen LogP contribution >= 0.6 is 11.6 Å². The standard InChI is InChI=1S/C16H24ClN3O3/c1-16(2,3)23-15(21)20-9-4-5-12(11-20)8-10-22-14-7-6-13(17)18-19-14/h6-7,12H,4-5,8-11H2,1-3H3/t12-/m1/s1. The molecule has 0 unspecified atom stereocenters. The van der Waals surface area contributed by atoms with Crippen LogP contribution in [-0.4, -0.2) is 46.5 Å². The number of hydrogen-bond acceptors (Lipinski definition) is 5. The molecule has 0 radical (unpaired) electrons. The lowest BCUT2D eigenvalue weighted by molar-refractivity contribution is 0.0154. The van der Waals surface area contributed by atoms with Gasteiger partial charge >= 0.3 is 6.09 Å². The summed E-state index contributed by atoms with van der Waals surface area (Å²) in [7, 11) is 0. The Morgan fingerprint density at radius 2 is 2.17 bits per heavy atom. The van der Waals surface area contributed by atoms with Gasteiger partial charge in [0.05, 0.1) is 6.61 Å². The van der Waals surface area contributed by atoms with Crippen molar-refractivity contribution < 1.29 is 14.3 Å². The highest BCUT2D eigenvalue weighted by molar-refractivity contribution is 6.29. The van der Waals surface area contributed by atoms with Crippen LogP contribution in [0.3, 0.4) is 0 Å². The minimum Gasteiger partial charge on any atom is -0.477 e. The molecule has 1 aliphatic heterocycles. The maximum absolute atomic E-state index is 12.1. The highest BCUT2D eigenvalue weighted by Crippen LogP contribution is 2.22. The first-order valence-electron chi connectivity index (χ1n) is 7.93. The van der Waals surface area contributed by atoms with E-state index in [1.807, 2.05) is 20.8 Å². The zero-order valence-electron chi connectivity index (χ0n) is 13.9. The van der Waals surface area contributed by atoms with Crippen LogP contribution < -0.4 is 4.74 Å². The van der Waals surface area contributed by atoms with Crippen molar-refractivity contribution in [3.05, 3.63) is 17.3 Å². The van der Waals surface area contributed by atoms with Gasteiger partial charge in [-0.15, -0.1) is 10.2 Å². The van der Waals surface area contributed by atoms with Gasteiger partial charge in [-0.3, -0.25) is 0 Å². The fourth-order valence-electron chi connectivity index (χ4n) is 2.50. The molecule has 1 aromatic rings. The maximum Gasteiger partial charge on any atom is 0.410 e. The van der Waals surface area contributed by atoms with Crippen molar-refractivity contribution >= 4 is 17.7 Å². The van der Waals surface area contributed by atoms with Crippen LogP contribution in [0.15, 0.2) is 12.1 Å². The van der Waals surface area contributed by atoms with E-state index in [1.54, 1.807) is 17.0 Å². The van der Waals surface area contributed by atoms with Crippen molar-refractivity contribution in [3.63, 3.8) is 0 Å². The summed E-state index contributed by atoms with van der Waals surface area (Å²) < 4.78 is 11.0. The number of aromatic nitrogens is 2. The number of carbonyl (C=O) groups excluding carboxylic acids is 1. The van der Waals surface area contributed by atoms with Gasteiger partial charge in [-0.1, -0.05) is 11.6 Å². The number of nitrogens with zero attached hydrogens (tertiary/aromatic N) is 3. The summed E-state index contributed by atoms with van der Waals surface area (Å²) >= 11 is 5.68. The minimum atomic E-state index is -0.458. The Bertz CT molecular complexity index is 516. The van der Waals surface area contributed by atoms with Gasteiger partial charge in [0.25, 0.3) is 0 Å². The van der Waals surface area contributed by atoms with E-state index in [4.69, 9.17) is 21.1 Å². The molecule has 1 saturated heterocycles. The second-order valence-corrected chi connectivity index (χ2v) is 7.15. The molecule has 1 fully saturated rings. The van der Waals surface area contributed by atoms with E-state index in [2.05, 4.69) is 10.2 Å². The van der Waals surface area contributed by atoms with Crippen molar-refractivity contribution in [1.82, 2.24) is 15.1 Å². The molecule has 0 saturated carbocycles. The summed E-state index contributed by atoms with van der Waals surface area (Å²) in [4.78, 5) is 13.9. The first kappa shape index (κ1) is 17.8. The number of amides is 1. The average Bonchev–Trinajstić information content (AvgIpc) is 2.48. The Kier molecular flexibility index (Phi) is 6.04. The third kappa shape index (κ3) is 6.22. The summed E-state index contributed by atoms with van der Waals surface area (Å²) in [6.07, 6.45) is 2.72. The van der Waals surface area contributed by atoms with Gasteiger partial charge in [-0.05, 0) is 52.0 Å². The molecule has 7 heteroatoms. The lowest BCUT2D eigenvalue weighted by Gasteiger charge is -2.34. The molecular formula is C16H24ClN3O3. The lowest BCUT2D eigenvalue weighted by atomic mass is 9.95. The third-order valence-corrected chi connectivity index (χ3v) is 3.76. The summed E-state index contributed by atoms with van der Waals surface area (Å²) in [6, 6.07) is 3.35. The van der Waals surface area contributed by atoms with Crippen LogP contribution in [0.2, 0.25) is 5.15 Å². The summed E-state index contributed by atoms with van der Waals surface area (Å²) in [5.74, 6) is 0.880. The fourth-order valence-corrected chi connectivity index (χ4v) is 2.60. The number of carbonyl (C=O) groups is 1.